The molecule has 33 heavy (non-hydrogen) atoms. The molecule has 4 aromatic rings. The summed E-state index contributed by atoms with van der Waals surface area (Å²) in [6, 6.07) is 15.1. The van der Waals surface area contributed by atoms with E-state index in [0.29, 0.717) is 23.1 Å². The summed E-state index contributed by atoms with van der Waals surface area (Å²) < 4.78 is 11.7. The second-order valence-electron chi connectivity index (χ2n) is 8.56. The first-order valence-corrected chi connectivity index (χ1v) is 12.2. The van der Waals surface area contributed by atoms with E-state index in [0.717, 1.165) is 54.9 Å². The summed E-state index contributed by atoms with van der Waals surface area (Å²) in [5.74, 6) is -0.00839. The summed E-state index contributed by atoms with van der Waals surface area (Å²) >= 11 is 1.57. The largest absolute Gasteiger partial charge is 0.450 e. The Kier molecular flexibility index (Phi) is 5.25. The molecular weight excluding hydrogens is 436 g/mol. The highest BCUT2D eigenvalue weighted by molar-refractivity contribution is 7.10. The van der Waals surface area contributed by atoms with Gasteiger partial charge < -0.3 is 14.1 Å². The summed E-state index contributed by atoms with van der Waals surface area (Å²) in [7, 11) is 0. The average Bonchev–Trinajstić information content (AvgIpc) is 3.47. The van der Waals surface area contributed by atoms with Crippen molar-refractivity contribution in [2.75, 3.05) is 39.4 Å². The van der Waals surface area contributed by atoms with E-state index in [1.165, 1.54) is 0 Å². The lowest BCUT2D eigenvalue weighted by molar-refractivity contribution is 0.0354. The van der Waals surface area contributed by atoms with Crippen LogP contribution in [0.15, 0.2) is 63.1 Å². The van der Waals surface area contributed by atoms with Crippen LogP contribution in [0.2, 0.25) is 0 Å². The van der Waals surface area contributed by atoms with Gasteiger partial charge in [0.2, 0.25) is 5.76 Å². The molecule has 7 heteroatoms. The van der Waals surface area contributed by atoms with E-state index in [1.54, 1.807) is 11.3 Å². The van der Waals surface area contributed by atoms with Crippen LogP contribution in [0.3, 0.4) is 0 Å². The lowest BCUT2D eigenvalue weighted by Crippen LogP contribution is -2.38. The van der Waals surface area contributed by atoms with Crippen LogP contribution in [0.1, 0.15) is 33.5 Å². The van der Waals surface area contributed by atoms with Crippen molar-refractivity contribution in [1.29, 1.82) is 0 Å². The summed E-state index contributed by atoms with van der Waals surface area (Å²) in [5, 5.41) is 4.34. The Morgan fingerprint density at radius 1 is 0.939 bits per heavy atom. The number of carbonyl (C=O) groups is 1. The second kappa shape index (κ2) is 8.41. The zero-order valence-corrected chi connectivity index (χ0v) is 19.0. The van der Waals surface area contributed by atoms with Crippen LogP contribution in [0.25, 0.3) is 21.7 Å². The van der Waals surface area contributed by atoms with Crippen molar-refractivity contribution < 1.29 is 13.9 Å². The highest BCUT2D eigenvalue weighted by atomic mass is 32.1. The van der Waals surface area contributed by atoms with Gasteiger partial charge in [0.15, 0.2) is 5.43 Å². The van der Waals surface area contributed by atoms with Gasteiger partial charge in [-0.05, 0) is 29.3 Å². The summed E-state index contributed by atoms with van der Waals surface area (Å²) in [6.07, 6.45) is 0.832. The van der Waals surface area contributed by atoms with Gasteiger partial charge in [0.1, 0.15) is 5.58 Å². The van der Waals surface area contributed by atoms with Gasteiger partial charge in [-0.15, -0.1) is 11.3 Å². The second-order valence-corrected chi connectivity index (χ2v) is 9.54. The maximum atomic E-state index is 13.7. The molecule has 6 rings (SSSR count). The Hall–Kier alpha value is -3.00. The lowest BCUT2D eigenvalue weighted by Gasteiger charge is -2.28. The van der Waals surface area contributed by atoms with Crippen molar-refractivity contribution in [3.05, 3.63) is 80.3 Å². The number of rotatable bonds is 5. The third kappa shape index (κ3) is 3.47. The van der Waals surface area contributed by atoms with E-state index in [9.17, 15) is 9.59 Å². The molecule has 1 atom stereocenters. The van der Waals surface area contributed by atoms with Gasteiger partial charge >= 0.3 is 0 Å². The molecule has 0 aliphatic carbocycles. The van der Waals surface area contributed by atoms with Crippen LogP contribution in [-0.4, -0.2) is 55.1 Å². The van der Waals surface area contributed by atoms with Gasteiger partial charge in [-0.3, -0.25) is 14.5 Å². The van der Waals surface area contributed by atoms with Gasteiger partial charge in [0.05, 0.1) is 30.2 Å². The Bertz CT molecular complexity index is 1390. The molecule has 1 unspecified atom stereocenters. The number of morpholine rings is 1. The quantitative estimate of drug-likeness (QED) is 0.416. The van der Waals surface area contributed by atoms with E-state index in [4.69, 9.17) is 9.15 Å². The number of hydrogen-bond donors (Lipinski definition) is 0. The third-order valence-electron chi connectivity index (χ3n) is 6.65. The van der Waals surface area contributed by atoms with Gasteiger partial charge in [-0.1, -0.05) is 36.4 Å². The third-order valence-corrected chi connectivity index (χ3v) is 7.57. The zero-order chi connectivity index (χ0) is 22.4. The molecule has 0 spiro atoms. The molecule has 2 aliphatic heterocycles. The Morgan fingerprint density at radius 2 is 1.79 bits per heavy atom. The first-order valence-electron chi connectivity index (χ1n) is 11.4. The number of fused-ring (bicyclic) bond motifs is 4. The fourth-order valence-electron chi connectivity index (χ4n) is 5.01. The molecule has 4 heterocycles. The number of thiophene rings is 1. The SMILES string of the molecule is O=C1c2oc3c(ccc4ccccc43)c(=O)c2C(c2cccs2)N1CCCN1CCOCC1. The number of nitrogens with zero attached hydrogens (tertiary/aromatic N) is 2. The highest BCUT2D eigenvalue weighted by Gasteiger charge is 2.43. The molecule has 1 saturated heterocycles. The first kappa shape index (κ1) is 20.6. The van der Waals surface area contributed by atoms with Crippen molar-refractivity contribution in [1.82, 2.24) is 9.80 Å². The van der Waals surface area contributed by atoms with Crippen molar-refractivity contribution in [2.24, 2.45) is 0 Å². The van der Waals surface area contributed by atoms with Crippen LogP contribution < -0.4 is 5.43 Å². The van der Waals surface area contributed by atoms with Crippen LogP contribution in [0.4, 0.5) is 0 Å². The number of amides is 1. The van der Waals surface area contributed by atoms with Gasteiger partial charge in [0.25, 0.3) is 5.91 Å². The Labute approximate surface area is 195 Å². The molecular formula is C26H24N2O4S. The Balaban J connectivity index is 1.42. The van der Waals surface area contributed by atoms with E-state index in [2.05, 4.69) is 4.90 Å². The molecule has 168 valence electrons. The molecule has 2 aromatic carbocycles. The van der Waals surface area contributed by atoms with Crippen LogP contribution in [0.5, 0.6) is 0 Å². The molecule has 0 saturated carbocycles. The molecule has 0 N–H and O–H groups in total. The maximum Gasteiger partial charge on any atom is 0.290 e. The molecule has 1 amide bonds. The van der Waals surface area contributed by atoms with Gasteiger partial charge in [0, 0.05) is 36.4 Å². The first-order chi connectivity index (χ1) is 16.2. The number of carbonyl (C=O) groups excluding carboxylic acids is 1. The fraction of sp³-hybridized carbons (Fsp3) is 0.308. The number of hydrogen-bond acceptors (Lipinski definition) is 6. The van der Waals surface area contributed by atoms with Crippen LogP contribution in [0, 0.1) is 0 Å². The molecule has 0 bridgehead atoms. The Morgan fingerprint density at radius 3 is 2.61 bits per heavy atom. The van der Waals surface area contributed by atoms with E-state index < -0.39 is 6.04 Å². The van der Waals surface area contributed by atoms with E-state index in [-0.39, 0.29) is 17.1 Å². The lowest BCUT2D eigenvalue weighted by atomic mass is 10.0. The highest BCUT2D eigenvalue weighted by Crippen LogP contribution is 2.40. The minimum atomic E-state index is -0.399. The molecule has 2 aromatic heterocycles. The number of benzene rings is 2. The fourth-order valence-corrected chi connectivity index (χ4v) is 5.86. The molecule has 2 aliphatic rings. The maximum absolute atomic E-state index is 13.7. The van der Waals surface area contributed by atoms with Crippen molar-refractivity contribution in [3.63, 3.8) is 0 Å². The average molecular weight is 461 g/mol. The zero-order valence-electron chi connectivity index (χ0n) is 18.2. The predicted octanol–water partition coefficient (Wildman–Crippen LogP) is 4.28. The minimum Gasteiger partial charge on any atom is -0.450 e. The van der Waals surface area contributed by atoms with Crippen LogP contribution in [-0.2, 0) is 4.74 Å². The minimum absolute atomic E-state index is 0.112. The normalized spacial score (nSPS) is 19.0. The van der Waals surface area contributed by atoms with E-state index in [1.807, 2.05) is 58.8 Å². The van der Waals surface area contributed by atoms with Crippen molar-refractivity contribution in [2.45, 2.75) is 12.5 Å². The van der Waals surface area contributed by atoms with E-state index >= 15 is 0 Å². The summed E-state index contributed by atoms with van der Waals surface area (Å²) in [5.41, 5.74) is 0.848. The van der Waals surface area contributed by atoms with Gasteiger partial charge in [-0.2, -0.15) is 0 Å². The summed E-state index contributed by atoms with van der Waals surface area (Å²) in [4.78, 5) is 32.5. The van der Waals surface area contributed by atoms with Crippen molar-refractivity contribution >= 4 is 39.0 Å². The van der Waals surface area contributed by atoms with Crippen LogP contribution >= 0.6 is 11.3 Å². The smallest absolute Gasteiger partial charge is 0.290 e. The van der Waals surface area contributed by atoms with Gasteiger partial charge in [-0.25, -0.2) is 0 Å². The molecule has 6 nitrogen and oxygen atoms in total. The molecule has 0 radical (unpaired) electrons. The number of ether oxygens (including phenoxy) is 1. The predicted molar refractivity (Wildman–Crippen MR) is 129 cm³/mol. The monoisotopic (exact) mass is 460 g/mol. The standard InChI is InChI=1S/C26H24N2O4S/c29-23-19-9-8-17-5-1-2-6-18(17)24(19)32-25-21(23)22(20-7-3-16-33-20)28(26(25)30)11-4-10-27-12-14-31-15-13-27/h1-3,5-9,16,22H,4,10-15H2. The topological polar surface area (TPSA) is 63.0 Å². The molecule has 1 fully saturated rings. The summed E-state index contributed by atoms with van der Waals surface area (Å²) in [6.45, 7) is 4.81. The van der Waals surface area contributed by atoms with Crippen molar-refractivity contribution in [3.8, 4) is 0 Å².